The topological polar surface area (TPSA) is 17.3 Å². The summed E-state index contributed by atoms with van der Waals surface area (Å²) in [5.41, 5.74) is 5.95. The third kappa shape index (κ3) is 3.68. The summed E-state index contributed by atoms with van der Waals surface area (Å²) < 4.78 is 2.30. The van der Waals surface area contributed by atoms with Crippen LogP contribution in [0.4, 0.5) is 5.69 Å². The normalized spacial score (nSPS) is 11.7. The summed E-state index contributed by atoms with van der Waals surface area (Å²) in [7, 11) is 0. The zero-order valence-electron chi connectivity index (χ0n) is 14.7. The van der Waals surface area contributed by atoms with Gasteiger partial charge in [0.2, 0.25) is 0 Å². The van der Waals surface area contributed by atoms with E-state index < -0.39 is 0 Å². The van der Waals surface area contributed by atoms with Gasteiger partial charge in [0.05, 0.1) is 17.9 Å². The van der Waals surface area contributed by atoms with Crippen molar-refractivity contribution >= 4 is 17.0 Å². The molecule has 3 aromatic carbocycles. The van der Waals surface area contributed by atoms with Gasteiger partial charge >= 0.3 is 0 Å². The van der Waals surface area contributed by atoms with Crippen LogP contribution in [0.3, 0.4) is 0 Å². The Morgan fingerprint density at radius 3 is 2.15 bits per heavy atom. The molecule has 0 saturated carbocycles. The maximum Gasteiger partial charge on any atom is 0.190 e. The summed E-state index contributed by atoms with van der Waals surface area (Å²) in [6, 6.07) is 29.4. The second-order valence-corrected chi connectivity index (χ2v) is 7.13. The first-order valence-electron chi connectivity index (χ1n) is 8.69. The standard InChI is InChI=1S/C23H20N2S/c1-18-12-14-19(15-13-18)16-25-22(20-8-4-2-5-9-20)17-26-23(25)24-21-10-6-3-7-11-21/h2-15,17H,16H2,1H3. The van der Waals surface area contributed by atoms with Crippen LogP contribution in [0.2, 0.25) is 0 Å². The van der Waals surface area contributed by atoms with Crippen molar-refractivity contribution in [2.45, 2.75) is 13.5 Å². The molecule has 0 aliphatic rings. The SMILES string of the molecule is Cc1ccc(Cn2c(-c3ccccc3)csc2=Nc2ccccc2)cc1. The Kier molecular flexibility index (Phi) is 4.80. The van der Waals surface area contributed by atoms with E-state index in [4.69, 9.17) is 4.99 Å². The van der Waals surface area contributed by atoms with Gasteiger partial charge in [0, 0.05) is 5.38 Å². The van der Waals surface area contributed by atoms with Crippen molar-refractivity contribution in [1.29, 1.82) is 0 Å². The van der Waals surface area contributed by atoms with E-state index in [1.807, 2.05) is 30.3 Å². The van der Waals surface area contributed by atoms with E-state index in [1.165, 1.54) is 22.4 Å². The van der Waals surface area contributed by atoms with E-state index in [0.29, 0.717) is 0 Å². The number of thiazole rings is 1. The monoisotopic (exact) mass is 356 g/mol. The highest BCUT2D eigenvalue weighted by molar-refractivity contribution is 7.07. The van der Waals surface area contributed by atoms with Crippen LogP contribution >= 0.6 is 11.3 Å². The number of aryl methyl sites for hydroxylation is 1. The Morgan fingerprint density at radius 2 is 1.46 bits per heavy atom. The Balaban J connectivity index is 1.83. The third-order valence-corrected chi connectivity index (χ3v) is 5.17. The Labute approximate surface area is 157 Å². The molecule has 0 radical (unpaired) electrons. The molecule has 0 unspecified atom stereocenters. The van der Waals surface area contributed by atoms with Gasteiger partial charge in [-0.05, 0) is 30.2 Å². The number of aromatic nitrogens is 1. The molecule has 4 rings (SSSR count). The van der Waals surface area contributed by atoms with Crippen molar-refractivity contribution in [3.63, 3.8) is 0 Å². The molecule has 0 N–H and O–H groups in total. The van der Waals surface area contributed by atoms with Crippen molar-refractivity contribution < 1.29 is 0 Å². The molecule has 0 amide bonds. The van der Waals surface area contributed by atoms with E-state index >= 15 is 0 Å². The van der Waals surface area contributed by atoms with E-state index in [-0.39, 0.29) is 0 Å². The van der Waals surface area contributed by atoms with Crippen LogP contribution in [0, 0.1) is 6.92 Å². The van der Waals surface area contributed by atoms with E-state index in [1.54, 1.807) is 11.3 Å². The van der Waals surface area contributed by atoms with Crippen molar-refractivity contribution in [3.05, 3.63) is 106 Å². The zero-order chi connectivity index (χ0) is 17.8. The average molecular weight is 356 g/mol. The number of benzene rings is 3. The van der Waals surface area contributed by atoms with Crippen LogP contribution in [0.1, 0.15) is 11.1 Å². The van der Waals surface area contributed by atoms with Gasteiger partial charge in [0.1, 0.15) is 0 Å². The Bertz CT molecular complexity index is 1040. The highest BCUT2D eigenvalue weighted by Gasteiger charge is 2.09. The van der Waals surface area contributed by atoms with Crippen LogP contribution in [-0.4, -0.2) is 4.57 Å². The second-order valence-electron chi connectivity index (χ2n) is 6.29. The summed E-state index contributed by atoms with van der Waals surface area (Å²) in [6.45, 7) is 2.92. The lowest BCUT2D eigenvalue weighted by Gasteiger charge is -2.10. The Morgan fingerprint density at radius 1 is 0.808 bits per heavy atom. The Hall–Kier alpha value is -2.91. The molecule has 2 nitrogen and oxygen atoms in total. The lowest BCUT2D eigenvalue weighted by molar-refractivity contribution is 0.778. The molecule has 3 heteroatoms. The molecule has 1 heterocycles. The molecule has 4 aromatic rings. The van der Waals surface area contributed by atoms with Crippen LogP contribution in [-0.2, 0) is 6.54 Å². The fourth-order valence-corrected chi connectivity index (χ4v) is 3.83. The van der Waals surface area contributed by atoms with Crippen molar-refractivity contribution in [2.75, 3.05) is 0 Å². The van der Waals surface area contributed by atoms with Gasteiger partial charge in [0.15, 0.2) is 4.80 Å². The predicted octanol–water partition coefficient (Wildman–Crippen LogP) is 5.81. The van der Waals surface area contributed by atoms with Crippen LogP contribution in [0.5, 0.6) is 0 Å². The van der Waals surface area contributed by atoms with Gasteiger partial charge in [-0.3, -0.25) is 0 Å². The van der Waals surface area contributed by atoms with Crippen LogP contribution < -0.4 is 4.80 Å². The summed E-state index contributed by atoms with van der Waals surface area (Å²) in [5.74, 6) is 0. The van der Waals surface area contributed by atoms with E-state index in [2.05, 4.69) is 71.5 Å². The summed E-state index contributed by atoms with van der Waals surface area (Å²) in [6.07, 6.45) is 0. The van der Waals surface area contributed by atoms with Gasteiger partial charge in [-0.15, -0.1) is 11.3 Å². The minimum absolute atomic E-state index is 0.805. The smallest absolute Gasteiger partial charge is 0.190 e. The lowest BCUT2D eigenvalue weighted by atomic mass is 10.1. The zero-order valence-corrected chi connectivity index (χ0v) is 15.5. The molecule has 0 aliphatic heterocycles. The molecule has 26 heavy (non-hydrogen) atoms. The molecule has 0 saturated heterocycles. The van der Waals surface area contributed by atoms with Crippen LogP contribution in [0.25, 0.3) is 11.3 Å². The minimum Gasteiger partial charge on any atom is -0.312 e. The molecule has 0 fully saturated rings. The summed E-state index contributed by atoms with van der Waals surface area (Å²) in [4.78, 5) is 5.89. The summed E-state index contributed by atoms with van der Waals surface area (Å²) in [5, 5.41) is 2.20. The number of hydrogen-bond donors (Lipinski definition) is 0. The first-order chi connectivity index (χ1) is 12.8. The maximum absolute atomic E-state index is 4.88. The van der Waals surface area contributed by atoms with Gasteiger partial charge in [-0.1, -0.05) is 78.4 Å². The van der Waals surface area contributed by atoms with Crippen molar-refractivity contribution in [3.8, 4) is 11.3 Å². The first kappa shape index (κ1) is 16.6. The van der Waals surface area contributed by atoms with Crippen molar-refractivity contribution in [2.24, 2.45) is 4.99 Å². The number of hydrogen-bond acceptors (Lipinski definition) is 2. The molecule has 0 atom stereocenters. The highest BCUT2D eigenvalue weighted by atomic mass is 32.1. The second kappa shape index (κ2) is 7.54. The first-order valence-corrected chi connectivity index (χ1v) is 9.57. The number of rotatable bonds is 4. The van der Waals surface area contributed by atoms with E-state index in [0.717, 1.165) is 17.0 Å². The van der Waals surface area contributed by atoms with Gasteiger partial charge in [-0.2, -0.15) is 0 Å². The molecule has 1 aromatic heterocycles. The largest absolute Gasteiger partial charge is 0.312 e. The molecule has 128 valence electrons. The van der Waals surface area contributed by atoms with Crippen molar-refractivity contribution in [1.82, 2.24) is 4.57 Å². The fourth-order valence-electron chi connectivity index (χ4n) is 2.90. The van der Waals surface area contributed by atoms with E-state index in [9.17, 15) is 0 Å². The molecule has 0 bridgehead atoms. The average Bonchev–Trinajstić information content (AvgIpc) is 3.07. The molecular weight excluding hydrogens is 336 g/mol. The van der Waals surface area contributed by atoms with Gasteiger partial charge in [0.25, 0.3) is 0 Å². The fraction of sp³-hybridized carbons (Fsp3) is 0.0870. The van der Waals surface area contributed by atoms with Crippen LogP contribution in [0.15, 0.2) is 95.3 Å². The quantitative estimate of drug-likeness (QED) is 0.439. The number of para-hydroxylation sites is 1. The molecule has 0 aliphatic carbocycles. The lowest BCUT2D eigenvalue weighted by Crippen LogP contribution is -2.16. The van der Waals surface area contributed by atoms with Gasteiger partial charge in [-0.25, -0.2) is 4.99 Å². The molecule has 0 spiro atoms. The molecular formula is C23H20N2S. The predicted molar refractivity (Wildman–Crippen MR) is 110 cm³/mol. The maximum atomic E-state index is 4.88. The highest BCUT2D eigenvalue weighted by Crippen LogP contribution is 2.21. The van der Waals surface area contributed by atoms with Gasteiger partial charge < -0.3 is 4.57 Å². The third-order valence-electron chi connectivity index (χ3n) is 4.31. The minimum atomic E-state index is 0.805. The summed E-state index contributed by atoms with van der Waals surface area (Å²) >= 11 is 1.68. The number of nitrogens with zero attached hydrogens (tertiary/aromatic N) is 2.